The quantitative estimate of drug-likeness (QED) is 0.803. The van der Waals surface area contributed by atoms with E-state index in [1.54, 1.807) is 0 Å². The molecular formula is C15H21N3O. The van der Waals surface area contributed by atoms with Crippen molar-refractivity contribution >= 4 is 5.91 Å². The highest BCUT2D eigenvalue weighted by Crippen LogP contribution is 2.16. The third-order valence-corrected chi connectivity index (χ3v) is 3.98. The molecule has 0 aliphatic carbocycles. The molecule has 2 heterocycles. The Hall–Kier alpha value is -1.39. The van der Waals surface area contributed by atoms with Crippen molar-refractivity contribution in [2.45, 2.75) is 19.4 Å². The second-order valence-electron chi connectivity index (χ2n) is 5.34. The number of piperazine rings is 1. The molecule has 0 spiro atoms. The van der Waals surface area contributed by atoms with Crippen molar-refractivity contribution < 1.29 is 4.79 Å². The van der Waals surface area contributed by atoms with E-state index in [-0.39, 0.29) is 5.91 Å². The fourth-order valence-electron chi connectivity index (χ4n) is 2.84. The highest BCUT2D eigenvalue weighted by atomic mass is 16.2. The average Bonchev–Trinajstić information content (AvgIpc) is 2.48. The van der Waals surface area contributed by atoms with Gasteiger partial charge in [0.25, 0.3) is 0 Å². The summed E-state index contributed by atoms with van der Waals surface area (Å²) in [4.78, 5) is 14.2. The Morgan fingerprint density at radius 1 is 1.11 bits per heavy atom. The molecule has 1 aromatic carbocycles. The van der Waals surface area contributed by atoms with Crippen LogP contribution in [0.2, 0.25) is 0 Å². The number of rotatable bonds is 2. The van der Waals surface area contributed by atoms with Crippen LogP contribution < -0.4 is 10.6 Å². The van der Waals surface area contributed by atoms with Gasteiger partial charge in [0, 0.05) is 32.7 Å². The van der Waals surface area contributed by atoms with Crippen molar-refractivity contribution in [3.8, 4) is 0 Å². The molecule has 0 saturated carbocycles. The number of amides is 1. The summed E-state index contributed by atoms with van der Waals surface area (Å²) in [5.74, 6) is 0.260. The number of fused-ring (bicyclic) bond motifs is 1. The Bertz CT molecular complexity index is 466. The molecule has 0 unspecified atom stereocenters. The summed E-state index contributed by atoms with van der Waals surface area (Å²) in [6.45, 7) is 5.52. The maximum Gasteiger partial charge on any atom is 0.227 e. The minimum Gasteiger partial charge on any atom is -0.340 e. The van der Waals surface area contributed by atoms with Crippen LogP contribution in [0.25, 0.3) is 0 Å². The summed E-state index contributed by atoms with van der Waals surface area (Å²) in [5, 5.41) is 6.64. The van der Waals surface area contributed by atoms with Gasteiger partial charge in [0.1, 0.15) is 0 Å². The van der Waals surface area contributed by atoms with Crippen molar-refractivity contribution in [1.29, 1.82) is 0 Å². The average molecular weight is 259 g/mol. The third kappa shape index (κ3) is 2.96. The first kappa shape index (κ1) is 12.6. The zero-order valence-corrected chi connectivity index (χ0v) is 11.2. The summed E-state index contributed by atoms with van der Waals surface area (Å²) in [6, 6.07) is 6.49. The lowest BCUT2D eigenvalue weighted by Crippen LogP contribution is -2.46. The van der Waals surface area contributed by atoms with Gasteiger partial charge in [0.2, 0.25) is 5.91 Å². The molecule has 1 aromatic rings. The van der Waals surface area contributed by atoms with Gasteiger partial charge in [-0.2, -0.15) is 0 Å². The monoisotopic (exact) mass is 259 g/mol. The first-order valence-electron chi connectivity index (χ1n) is 7.13. The first-order chi connectivity index (χ1) is 9.33. The van der Waals surface area contributed by atoms with Crippen molar-refractivity contribution in [2.24, 2.45) is 0 Å². The highest BCUT2D eigenvalue weighted by Gasteiger charge is 2.17. The molecule has 1 fully saturated rings. The largest absolute Gasteiger partial charge is 0.340 e. The predicted octanol–water partition coefficient (Wildman–Crippen LogP) is 0.307. The Morgan fingerprint density at radius 3 is 2.79 bits per heavy atom. The molecule has 102 valence electrons. The van der Waals surface area contributed by atoms with E-state index in [4.69, 9.17) is 0 Å². The van der Waals surface area contributed by atoms with E-state index < -0.39 is 0 Å². The van der Waals surface area contributed by atoms with Gasteiger partial charge in [-0.1, -0.05) is 18.2 Å². The third-order valence-electron chi connectivity index (χ3n) is 3.98. The molecule has 2 aliphatic rings. The zero-order chi connectivity index (χ0) is 13.1. The van der Waals surface area contributed by atoms with Crippen LogP contribution in [0, 0.1) is 0 Å². The fraction of sp³-hybridized carbons (Fsp3) is 0.533. The van der Waals surface area contributed by atoms with Crippen LogP contribution in [0.15, 0.2) is 18.2 Å². The van der Waals surface area contributed by atoms with Crippen molar-refractivity contribution in [1.82, 2.24) is 15.5 Å². The van der Waals surface area contributed by atoms with Crippen LogP contribution in [0.3, 0.4) is 0 Å². The molecule has 2 aliphatic heterocycles. The van der Waals surface area contributed by atoms with Crippen LogP contribution in [0.4, 0.5) is 0 Å². The molecule has 0 atom stereocenters. The van der Waals surface area contributed by atoms with Gasteiger partial charge in [-0.3, -0.25) is 4.79 Å². The number of nitrogens with one attached hydrogen (secondary N) is 2. The smallest absolute Gasteiger partial charge is 0.227 e. The molecule has 0 bridgehead atoms. The van der Waals surface area contributed by atoms with E-state index in [0.29, 0.717) is 6.42 Å². The Kier molecular flexibility index (Phi) is 3.80. The zero-order valence-electron chi connectivity index (χ0n) is 11.2. The molecule has 19 heavy (non-hydrogen) atoms. The second-order valence-corrected chi connectivity index (χ2v) is 5.34. The summed E-state index contributed by atoms with van der Waals surface area (Å²) >= 11 is 0. The number of benzene rings is 1. The SMILES string of the molecule is O=C(Cc1ccc2c(c1)CCNC2)N1CCNCC1. The van der Waals surface area contributed by atoms with E-state index >= 15 is 0 Å². The molecule has 3 rings (SSSR count). The maximum atomic E-state index is 12.2. The van der Waals surface area contributed by atoms with Gasteiger partial charge < -0.3 is 15.5 Å². The van der Waals surface area contributed by atoms with Crippen molar-refractivity contribution in [3.63, 3.8) is 0 Å². The lowest BCUT2D eigenvalue weighted by molar-refractivity contribution is -0.131. The molecule has 0 radical (unpaired) electrons. The summed E-state index contributed by atoms with van der Waals surface area (Å²) < 4.78 is 0. The summed E-state index contributed by atoms with van der Waals surface area (Å²) in [5.41, 5.74) is 3.94. The van der Waals surface area contributed by atoms with Crippen molar-refractivity contribution in [3.05, 3.63) is 34.9 Å². The number of hydrogen-bond donors (Lipinski definition) is 2. The lowest BCUT2D eigenvalue weighted by atomic mass is 9.97. The molecule has 1 amide bonds. The van der Waals surface area contributed by atoms with Crippen molar-refractivity contribution in [2.75, 3.05) is 32.7 Å². The highest BCUT2D eigenvalue weighted by molar-refractivity contribution is 5.79. The minimum absolute atomic E-state index is 0.260. The van der Waals surface area contributed by atoms with Gasteiger partial charge in [-0.05, 0) is 29.7 Å². The van der Waals surface area contributed by atoms with E-state index in [1.807, 2.05) is 4.90 Å². The standard InChI is InChI=1S/C15H21N3O/c19-15(18-7-5-16-6-8-18)10-12-1-2-14-11-17-4-3-13(14)9-12/h1-2,9,16-17H,3-8,10-11H2. The maximum absolute atomic E-state index is 12.2. The van der Waals surface area contributed by atoms with Gasteiger partial charge in [-0.15, -0.1) is 0 Å². The lowest BCUT2D eigenvalue weighted by Gasteiger charge is -2.27. The molecule has 1 saturated heterocycles. The summed E-state index contributed by atoms with van der Waals surface area (Å²) in [6.07, 6.45) is 1.62. The fourth-order valence-corrected chi connectivity index (χ4v) is 2.84. The minimum atomic E-state index is 0.260. The van der Waals surface area contributed by atoms with Gasteiger partial charge >= 0.3 is 0 Å². The number of nitrogens with zero attached hydrogens (tertiary/aromatic N) is 1. The van der Waals surface area contributed by atoms with E-state index in [1.165, 1.54) is 11.1 Å². The molecule has 4 heteroatoms. The first-order valence-corrected chi connectivity index (χ1v) is 7.13. The van der Waals surface area contributed by atoms with Gasteiger partial charge in [0.15, 0.2) is 0 Å². The normalized spacial score (nSPS) is 19.1. The molecule has 4 nitrogen and oxygen atoms in total. The molecular weight excluding hydrogens is 238 g/mol. The molecule has 0 aromatic heterocycles. The van der Waals surface area contributed by atoms with Crippen LogP contribution in [0.5, 0.6) is 0 Å². The number of hydrogen-bond acceptors (Lipinski definition) is 3. The van der Waals surface area contributed by atoms with E-state index in [9.17, 15) is 4.79 Å². The van der Waals surface area contributed by atoms with Crippen LogP contribution >= 0.6 is 0 Å². The topological polar surface area (TPSA) is 44.4 Å². The van der Waals surface area contributed by atoms with Gasteiger partial charge in [0.05, 0.1) is 6.42 Å². The Labute approximate surface area is 114 Å². The molecule has 2 N–H and O–H groups in total. The predicted molar refractivity (Wildman–Crippen MR) is 75.0 cm³/mol. The van der Waals surface area contributed by atoms with Crippen LogP contribution in [-0.4, -0.2) is 43.5 Å². The van der Waals surface area contributed by atoms with Crippen LogP contribution in [0.1, 0.15) is 16.7 Å². The van der Waals surface area contributed by atoms with Gasteiger partial charge in [-0.25, -0.2) is 0 Å². The second kappa shape index (κ2) is 5.72. The Morgan fingerprint density at radius 2 is 1.95 bits per heavy atom. The van der Waals surface area contributed by atoms with E-state index in [2.05, 4.69) is 28.8 Å². The number of carbonyl (C=O) groups excluding carboxylic acids is 1. The van der Waals surface area contributed by atoms with E-state index in [0.717, 1.165) is 51.3 Å². The van der Waals surface area contributed by atoms with Crippen LogP contribution in [-0.2, 0) is 24.2 Å². The summed E-state index contributed by atoms with van der Waals surface area (Å²) in [7, 11) is 0. The Balaban J connectivity index is 1.67. The number of carbonyl (C=O) groups is 1.